The molecule has 98 valence electrons. The van der Waals surface area contributed by atoms with Crippen LogP contribution in [0.25, 0.3) is 0 Å². The Bertz CT molecular complexity index is 270. The van der Waals surface area contributed by atoms with Crippen LogP contribution in [-0.4, -0.2) is 35.6 Å². The molecule has 4 nitrogen and oxygen atoms in total. The summed E-state index contributed by atoms with van der Waals surface area (Å²) in [6, 6.07) is 0.541. The number of urea groups is 1. The molecule has 2 aliphatic carbocycles. The summed E-state index contributed by atoms with van der Waals surface area (Å²) in [4.78, 5) is 14.3. The molecule has 2 fully saturated rings. The van der Waals surface area contributed by atoms with Gasteiger partial charge in [-0.1, -0.05) is 19.8 Å². The highest BCUT2D eigenvalue weighted by atomic mass is 16.2. The Morgan fingerprint density at radius 2 is 2.06 bits per heavy atom. The Kier molecular flexibility index (Phi) is 3.92. The van der Waals surface area contributed by atoms with Crippen LogP contribution in [0.1, 0.15) is 51.9 Å². The molecule has 0 spiro atoms. The summed E-state index contributed by atoms with van der Waals surface area (Å²) in [5.74, 6) is 0. The van der Waals surface area contributed by atoms with Crippen LogP contribution in [0.4, 0.5) is 4.79 Å². The highest BCUT2D eigenvalue weighted by Crippen LogP contribution is 2.35. The summed E-state index contributed by atoms with van der Waals surface area (Å²) < 4.78 is 0. The number of nitrogens with two attached hydrogens (primary N) is 1. The fourth-order valence-electron chi connectivity index (χ4n) is 2.88. The molecule has 2 aliphatic rings. The molecule has 2 rings (SSSR count). The van der Waals surface area contributed by atoms with Gasteiger partial charge in [0, 0.05) is 19.1 Å². The van der Waals surface area contributed by atoms with Crippen molar-refractivity contribution in [1.29, 1.82) is 0 Å². The molecule has 0 aliphatic heterocycles. The van der Waals surface area contributed by atoms with E-state index in [1.165, 1.54) is 12.8 Å². The largest absolute Gasteiger partial charge is 0.335 e. The molecule has 0 atom stereocenters. The number of amides is 2. The Labute approximate surface area is 104 Å². The van der Waals surface area contributed by atoms with Gasteiger partial charge in [0.05, 0.1) is 5.54 Å². The van der Waals surface area contributed by atoms with E-state index < -0.39 is 0 Å². The van der Waals surface area contributed by atoms with Crippen molar-refractivity contribution in [3.8, 4) is 0 Å². The molecular weight excluding hydrogens is 214 g/mol. The first kappa shape index (κ1) is 12.7. The Morgan fingerprint density at radius 1 is 1.41 bits per heavy atom. The molecule has 0 aromatic rings. The van der Waals surface area contributed by atoms with Gasteiger partial charge in [-0.25, -0.2) is 4.79 Å². The zero-order chi connectivity index (χ0) is 12.3. The van der Waals surface area contributed by atoms with Crippen molar-refractivity contribution in [3.63, 3.8) is 0 Å². The van der Waals surface area contributed by atoms with Crippen LogP contribution in [0.15, 0.2) is 0 Å². The van der Waals surface area contributed by atoms with Crippen LogP contribution >= 0.6 is 0 Å². The summed E-state index contributed by atoms with van der Waals surface area (Å²) in [5, 5.41) is 3.11. The molecule has 0 heterocycles. The summed E-state index contributed by atoms with van der Waals surface area (Å²) in [7, 11) is 0. The molecule has 17 heavy (non-hydrogen) atoms. The van der Waals surface area contributed by atoms with Gasteiger partial charge in [-0.3, -0.25) is 0 Å². The first-order valence-corrected chi connectivity index (χ1v) is 7.00. The standard InChI is InChI=1S/C13H25N3O/c1-2-9-16(12(17)15-11-5-6-11)13(10-14)7-3-4-8-13/h11H,2-10,14H2,1H3,(H,15,17). The molecule has 3 N–H and O–H groups in total. The molecule has 0 radical (unpaired) electrons. The molecule has 0 aromatic carbocycles. The van der Waals surface area contributed by atoms with Gasteiger partial charge in [-0.05, 0) is 32.1 Å². The monoisotopic (exact) mass is 239 g/mol. The Balaban J connectivity index is 2.05. The molecule has 0 aromatic heterocycles. The van der Waals surface area contributed by atoms with Crippen LogP contribution < -0.4 is 11.1 Å². The minimum atomic E-state index is -0.0605. The lowest BCUT2D eigenvalue weighted by molar-refractivity contribution is 0.119. The fourth-order valence-corrected chi connectivity index (χ4v) is 2.88. The van der Waals surface area contributed by atoms with E-state index in [1.807, 2.05) is 4.90 Å². The van der Waals surface area contributed by atoms with Crippen molar-refractivity contribution in [2.24, 2.45) is 5.73 Å². The van der Waals surface area contributed by atoms with Crippen molar-refractivity contribution in [2.45, 2.75) is 63.5 Å². The third-order valence-corrected chi connectivity index (χ3v) is 4.08. The van der Waals surface area contributed by atoms with Gasteiger partial charge >= 0.3 is 6.03 Å². The number of hydrogen-bond acceptors (Lipinski definition) is 2. The molecular formula is C13H25N3O. The van der Waals surface area contributed by atoms with Crippen LogP contribution in [-0.2, 0) is 0 Å². The van der Waals surface area contributed by atoms with Gasteiger partial charge in [0.1, 0.15) is 0 Å². The van der Waals surface area contributed by atoms with Crippen molar-refractivity contribution in [2.75, 3.05) is 13.1 Å². The van der Waals surface area contributed by atoms with Crippen molar-refractivity contribution in [1.82, 2.24) is 10.2 Å². The smallest absolute Gasteiger partial charge is 0.318 e. The Morgan fingerprint density at radius 3 is 2.53 bits per heavy atom. The number of rotatable bonds is 5. The quantitative estimate of drug-likeness (QED) is 0.769. The lowest BCUT2D eigenvalue weighted by atomic mass is 9.95. The number of hydrogen-bond donors (Lipinski definition) is 2. The summed E-state index contributed by atoms with van der Waals surface area (Å²) in [6.45, 7) is 3.55. The second-order valence-electron chi connectivity index (χ2n) is 5.51. The van der Waals surface area contributed by atoms with E-state index in [0.29, 0.717) is 12.6 Å². The number of nitrogens with zero attached hydrogens (tertiary/aromatic N) is 1. The van der Waals surface area contributed by atoms with Gasteiger partial charge in [0.2, 0.25) is 0 Å². The maximum Gasteiger partial charge on any atom is 0.318 e. The minimum absolute atomic E-state index is 0.0605. The fraction of sp³-hybridized carbons (Fsp3) is 0.923. The number of carbonyl (C=O) groups is 1. The van der Waals surface area contributed by atoms with Gasteiger partial charge in [-0.15, -0.1) is 0 Å². The SMILES string of the molecule is CCCN(C(=O)NC1CC1)C1(CN)CCCC1. The van der Waals surface area contributed by atoms with Gasteiger partial charge in [0.15, 0.2) is 0 Å². The first-order valence-electron chi connectivity index (χ1n) is 7.00. The molecule has 0 unspecified atom stereocenters. The van der Waals surface area contributed by atoms with Crippen LogP contribution in [0, 0.1) is 0 Å². The van der Waals surface area contributed by atoms with E-state index in [2.05, 4.69) is 12.2 Å². The summed E-state index contributed by atoms with van der Waals surface area (Å²) in [5.41, 5.74) is 5.90. The molecule has 4 heteroatoms. The van der Waals surface area contributed by atoms with Crippen molar-refractivity contribution in [3.05, 3.63) is 0 Å². The highest BCUT2D eigenvalue weighted by molar-refractivity contribution is 5.76. The molecule has 2 saturated carbocycles. The van der Waals surface area contributed by atoms with E-state index in [9.17, 15) is 4.79 Å². The van der Waals surface area contributed by atoms with Gasteiger partial charge in [0.25, 0.3) is 0 Å². The van der Waals surface area contributed by atoms with E-state index in [0.717, 1.165) is 38.6 Å². The lowest BCUT2D eigenvalue weighted by Crippen LogP contribution is -2.58. The second kappa shape index (κ2) is 5.25. The van der Waals surface area contributed by atoms with Gasteiger partial charge in [-0.2, -0.15) is 0 Å². The lowest BCUT2D eigenvalue weighted by Gasteiger charge is -2.40. The Hall–Kier alpha value is -0.770. The van der Waals surface area contributed by atoms with Crippen LogP contribution in [0.5, 0.6) is 0 Å². The third kappa shape index (κ3) is 2.73. The maximum atomic E-state index is 12.3. The number of carbonyl (C=O) groups excluding carboxylic acids is 1. The van der Waals surface area contributed by atoms with Crippen molar-refractivity contribution >= 4 is 6.03 Å². The summed E-state index contributed by atoms with van der Waals surface area (Å²) in [6.07, 6.45) is 7.83. The third-order valence-electron chi connectivity index (χ3n) is 4.08. The van der Waals surface area contributed by atoms with E-state index in [4.69, 9.17) is 5.73 Å². The zero-order valence-corrected chi connectivity index (χ0v) is 10.9. The first-order chi connectivity index (χ1) is 8.22. The van der Waals surface area contributed by atoms with E-state index in [-0.39, 0.29) is 11.6 Å². The molecule has 0 bridgehead atoms. The summed E-state index contributed by atoms with van der Waals surface area (Å²) >= 11 is 0. The predicted octanol–water partition coefficient (Wildman–Crippen LogP) is 1.84. The number of nitrogens with one attached hydrogen (secondary N) is 1. The zero-order valence-electron chi connectivity index (χ0n) is 10.9. The second-order valence-corrected chi connectivity index (χ2v) is 5.51. The van der Waals surface area contributed by atoms with Crippen LogP contribution in [0.3, 0.4) is 0 Å². The van der Waals surface area contributed by atoms with Crippen LogP contribution in [0.2, 0.25) is 0 Å². The average molecular weight is 239 g/mol. The maximum absolute atomic E-state index is 12.3. The minimum Gasteiger partial charge on any atom is -0.335 e. The topological polar surface area (TPSA) is 58.4 Å². The van der Waals surface area contributed by atoms with Crippen molar-refractivity contribution < 1.29 is 4.79 Å². The molecule has 0 saturated heterocycles. The average Bonchev–Trinajstić information content (AvgIpc) is 3.01. The van der Waals surface area contributed by atoms with E-state index >= 15 is 0 Å². The highest BCUT2D eigenvalue weighted by Gasteiger charge is 2.41. The van der Waals surface area contributed by atoms with Gasteiger partial charge < -0.3 is 16.0 Å². The van der Waals surface area contributed by atoms with E-state index in [1.54, 1.807) is 0 Å². The normalized spacial score (nSPS) is 22.5. The molecule has 2 amide bonds. The predicted molar refractivity (Wildman–Crippen MR) is 68.8 cm³/mol.